The molecule has 1 unspecified atom stereocenters. The molecule has 3 aromatic rings. The zero-order chi connectivity index (χ0) is 27.9. The quantitative estimate of drug-likeness (QED) is 0.324. The predicted octanol–water partition coefficient (Wildman–Crippen LogP) is 4.03. The van der Waals surface area contributed by atoms with Crippen molar-refractivity contribution in [1.29, 1.82) is 0 Å². The third-order valence-corrected chi connectivity index (χ3v) is 7.00. The second kappa shape index (κ2) is 10.1. The van der Waals surface area contributed by atoms with Crippen molar-refractivity contribution in [3.05, 3.63) is 53.5 Å². The first-order valence-electron chi connectivity index (χ1n) is 12.2. The van der Waals surface area contributed by atoms with Crippen molar-refractivity contribution in [3.8, 4) is 11.5 Å². The third kappa shape index (κ3) is 5.59. The van der Waals surface area contributed by atoms with Crippen LogP contribution < -0.4 is 14.8 Å². The SMILES string of the molecule is CC(C)(CO)c1cc2cc(NC=O)c(F)cc2n1CC(O)CO.CC1(c2ccc3c(c2)OC(F)(F)O3)CC1. The van der Waals surface area contributed by atoms with E-state index in [9.17, 15) is 28.2 Å². The first-order chi connectivity index (χ1) is 17.8. The number of benzene rings is 2. The number of aromatic nitrogens is 1. The number of hydrogen-bond acceptors (Lipinski definition) is 6. The predicted molar refractivity (Wildman–Crippen MR) is 134 cm³/mol. The van der Waals surface area contributed by atoms with E-state index >= 15 is 0 Å². The molecule has 2 aromatic carbocycles. The maximum absolute atomic E-state index is 14.1. The summed E-state index contributed by atoms with van der Waals surface area (Å²) < 4.78 is 50.0. The van der Waals surface area contributed by atoms with Crippen molar-refractivity contribution in [2.24, 2.45) is 0 Å². The Morgan fingerprint density at radius 3 is 2.42 bits per heavy atom. The molecule has 1 fully saturated rings. The normalized spacial score (nSPS) is 17.5. The standard InChI is InChI=1S/C16H21FN2O4.C11H10F2O2/c1-16(2,8-21)15-4-10-3-13(18-9-22)12(17)5-14(10)19(15)6-11(23)7-20;1-10(4-5-10)7-2-3-8-9(6-7)15-11(12,13)14-8/h3-5,9,11,20-21,23H,6-8H2,1-2H3,(H,18,22);2-3,6H,4-5H2,1H3. The lowest BCUT2D eigenvalue weighted by molar-refractivity contribution is -0.286. The monoisotopic (exact) mass is 536 g/mol. The van der Waals surface area contributed by atoms with Gasteiger partial charge in [-0.15, -0.1) is 8.78 Å². The van der Waals surface area contributed by atoms with Gasteiger partial charge in [0.05, 0.1) is 37.1 Å². The fourth-order valence-electron chi connectivity index (χ4n) is 4.37. The summed E-state index contributed by atoms with van der Waals surface area (Å²) >= 11 is 0. The summed E-state index contributed by atoms with van der Waals surface area (Å²) in [5, 5.41) is 31.4. The summed E-state index contributed by atoms with van der Waals surface area (Å²) in [5.74, 6) is -0.339. The molecule has 2 aliphatic rings. The van der Waals surface area contributed by atoms with Crippen LogP contribution in [0, 0.1) is 5.82 Å². The summed E-state index contributed by atoms with van der Waals surface area (Å²) in [6, 6.07) is 9.58. The molecule has 206 valence electrons. The first kappa shape index (κ1) is 27.7. The van der Waals surface area contributed by atoms with Crippen LogP contribution in [0.2, 0.25) is 0 Å². The minimum atomic E-state index is -3.51. The van der Waals surface area contributed by atoms with Crippen LogP contribution in [0.5, 0.6) is 11.5 Å². The molecule has 1 saturated carbocycles. The number of carbonyl (C=O) groups is 1. The fraction of sp³-hybridized carbons (Fsp3) is 0.444. The van der Waals surface area contributed by atoms with E-state index in [4.69, 9.17) is 5.11 Å². The average molecular weight is 537 g/mol. The largest absolute Gasteiger partial charge is 0.586 e. The van der Waals surface area contributed by atoms with Crippen LogP contribution in [0.25, 0.3) is 10.9 Å². The van der Waals surface area contributed by atoms with Crippen LogP contribution in [-0.4, -0.2) is 51.9 Å². The number of aliphatic hydroxyl groups is 3. The van der Waals surface area contributed by atoms with Gasteiger partial charge in [0.1, 0.15) is 5.82 Å². The minimum Gasteiger partial charge on any atom is -0.395 e. The highest BCUT2D eigenvalue weighted by atomic mass is 19.3. The minimum absolute atomic E-state index is 0.0562. The number of nitrogens with zero attached hydrogens (tertiary/aromatic N) is 1. The Kier molecular flexibility index (Phi) is 7.39. The molecule has 2 heterocycles. The van der Waals surface area contributed by atoms with E-state index in [1.807, 2.05) is 19.9 Å². The number of aliphatic hydroxyl groups excluding tert-OH is 3. The van der Waals surface area contributed by atoms with E-state index in [0.717, 1.165) is 18.4 Å². The average Bonchev–Trinajstić information content (AvgIpc) is 3.40. The van der Waals surface area contributed by atoms with E-state index in [-0.39, 0.29) is 35.8 Å². The number of carbonyl (C=O) groups excluding carboxylic acids is 1. The molecule has 0 bridgehead atoms. The van der Waals surface area contributed by atoms with Gasteiger partial charge in [0.2, 0.25) is 6.41 Å². The van der Waals surface area contributed by atoms with Crippen LogP contribution >= 0.6 is 0 Å². The van der Waals surface area contributed by atoms with Gasteiger partial charge >= 0.3 is 6.29 Å². The van der Waals surface area contributed by atoms with Gasteiger partial charge in [0, 0.05) is 22.6 Å². The van der Waals surface area contributed by atoms with Crippen LogP contribution in [0.15, 0.2) is 36.4 Å². The Morgan fingerprint density at radius 1 is 1.13 bits per heavy atom. The molecule has 1 atom stereocenters. The Balaban J connectivity index is 0.000000192. The van der Waals surface area contributed by atoms with E-state index < -0.39 is 30.2 Å². The number of nitrogens with one attached hydrogen (secondary N) is 1. The highest BCUT2D eigenvalue weighted by molar-refractivity contribution is 5.88. The number of halogens is 3. The maximum Gasteiger partial charge on any atom is 0.586 e. The number of rotatable bonds is 8. The second-order valence-electron chi connectivity index (χ2n) is 10.6. The Labute approximate surface area is 217 Å². The van der Waals surface area contributed by atoms with Crippen molar-refractivity contribution in [2.75, 3.05) is 18.5 Å². The smallest absolute Gasteiger partial charge is 0.395 e. The number of amides is 1. The van der Waals surface area contributed by atoms with Crippen LogP contribution in [0.3, 0.4) is 0 Å². The molecule has 8 nitrogen and oxygen atoms in total. The summed E-state index contributed by atoms with van der Waals surface area (Å²) in [7, 11) is 0. The van der Waals surface area contributed by atoms with Crippen molar-refractivity contribution in [3.63, 3.8) is 0 Å². The van der Waals surface area contributed by atoms with Crippen molar-refractivity contribution < 1.29 is 42.8 Å². The Bertz CT molecular complexity index is 1340. The van der Waals surface area contributed by atoms with E-state index in [1.54, 1.807) is 22.8 Å². The van der Waals surface area contributed by atoms with Gasteiger partial charge < -0.3 is 34.7 Å². The van der Waals surface area contributed by atoms with Gasteiger partial charge in [-0.2, -0.15) is 0 Å². The highest BCUT2D eigenvalue weighted by Crippen LogP contribution is 2.51. The summed E-state index contributed by atoms with van der Waals surface area (Å²) in [6.45, 7) is 5.27. The van der Waals surface area contributed by atoms with Gasteiger partial charge in [-0.1, -0.05) is 26.8 Å². The molecule has 5 rings (SSSR count). The molecule has 4 N–H and O–H groups in total. The van der Waals surface area contributed by atoms with Crippen molar-refractivity contribution in [1.82, 2.24) is 4.57 Å². The number of ether oxygens (including phenoxy) is 2. The Morgan fingerprint density at radius 2 is 1.82 bits per heavy atom. The van der Waals surface area contributed by atoms with Crippen molar-refractivity contribution in [2.45, 2.75) is 63.4 Å². The highest BCUT2D eigenvalue weighted by Gasteiger charge is 2.45. The van der Waals surface area contributed by atoms with Crippen LogP contribution in [0.1, 0.15) is 44.9 Å². The zero-order valence-corrected chi connectivity index (χ0v) is 21.3. The maximum atomic E-state index is 14.1. The van der Waals surface area contributed by atoms with Gasteiger partial charge in [-0.25, -0.2) is 4.39 Å². The summed E-state index contributed by atoms with van der Waals surface area (Å²) in [6.07, 6.45) is -1.91. The van der Waals surface area contributed by atoms with E-state index in [0.29, 0.717) is 23.0 Å². The van der Waals surface area contributed by atoms with Gasteiger partial charge in [-0.3, -0.25) is 4.79 Å². The lowest BCUT2D eigenvalue weighted by atomic mass is 9.90. The summed E-state index contributed by atoms with van der Waals surface area (Å²) in [5.41, 5.74) is 1.84. The number of hydrogen-bond donors (Lipinski definition) is 4. The lowest BCUT2D eigenvalue weighted by Crippen LogP contribution is -2.29. The van der Waals surface area contributed by atoms with E-state index in [1.165, 1.54) is 12.1 Å². The van der Waals surface area contributed by atoms with Gasteiger partial charge in [0.25, 0.3) is 0 Å². The topological polar surface area (TPSA) is 113 Å². The fourth-order valence-corrected chi connectivity index (χ4v) is 4.37. The molecule has 11 heteroatoms. The molecule has 1 aliphatic carbocycles. The molecule has 0 saturated heterocycles. The van der Waals surface area contributed by atoms with Crippen LogP contribution in [0.4, 0.5) is 18.9 Å². The molecule has 0 radical (unpaired) electrons. The third-order valence-electron chi connectivity index (χ3n) is 7.00. The summed E-state index contributed by atoms with van der Waals surface area (Å²) in [4.78, 5) is 10.5. The molecule has 1 amide bonds. The molecular formula is C27H31F3N2O6. The van der Waals surface area contributed by atoms with E-state index in [2.05, 4.69) is 21.7 Å². The molecule has 38 heavy (non-hydrogen) atoms. The van der Waals surface area contributed by atoms with Crippen molar-refractivity contribution >= 4 is 23.0 Å². The lowest BCUT2D eigenvalue weighted by Gasteiger charge is -2.25. The molecule has 1 aliphatic heterocycles. The number of fused-ring (bicyclic) bond motifs is 2. The Hall–Kier alpha value is -3.28. The molecular weight excluding hydrogens is 505 g/mol. The van der Waals surface area contributed by atoms with Crippen LogP contribution in [-0.2, 0) is 22.2 Å². The molecule has 1 aromatic heterocycles. The van der Waals surface area contributed by atoms with Gasteiger partial charge in [0.15, 0.2) is 11.5 Å². The molecule has 0 spiro atoms. The zero-order valence-electron chi connectivity index (χ0n) is 21.3. The number of alkyl halides is 2. The first-order valence-corrected chi connectivity index (χ1v) is 12.2. The second-order valence-corrected chi connectivity index (χ2v) is 10.6. The number of anilines is 1. The van der Waals surface area contributed by atoms with Gasteiger partial charge in [-0.05, 0) is 48.1 Å².